The summed E-state index contributed by atoms with van der Waals surface area (Å²) in [5.41, 5.74) is 2.20. The molecule has 1 aliphatic rings. The molecule has 9 heteroatoms. The number of methoxy groups -OCH3 is 1. The molecular weight excluding hydrogens is 410 g/mol. The molecule has 4 aromatic rings. The number of ether oxygens (including phenoxy) is 1. The average Bonchev–Trinajstić information content (AvgIpc) is 3.29. The van der Waals surface area contributed by atoms with Gasteiger partial charge in [-0.15, -0.1) is 0 Å². The van der Waals surface area contributed by atoms with Crippen molar-refractivity contribution in [3.63, 3.8) is 0 Å². The van der Waals surface area contributed by atoms with Gasteiger partial charge in [0.25, 0.3) is 0 Å². The van der Waals surface area contributed by atoms with Gasteiger partial charge in [0.15, 0.2) is 0 Å². The Kier molecular flexibility index (Phi) is 4.28. The van der Waals surface area contributed by atoms with Gasteiger partial charge in [-0.25, -0.2) is 13.8 Å². The number of anilines is 1. The van der Waals surface area contributed by atoms with Crippen molar-refractivity contribution in [1.29, 1.82) is 0 Å². The monoisotopic (exact) mass is 426 g/mol. The Hall–Kier alpha value is -3.33. The SMILES string of the molecule is COc1ccc2nc(-n3nc(C)c4c3NC(=O)C[C@H]4c3cc(F)ccc3F)sc2c1. The Labute approximate surface area is 174 Å². The lowest BCUT2D eigenvalue weighted by Crippen LogP contribution is -2.25. The molecular formula is C21H16F2N4O2S. The summed E-state index contributed by atoms with van der Waals surface area (Å²) < 4.78 is 36.0. The maximum absolute atomic E-state index is 14.5. The van der Waals surface area contributed by atoms with E-state index in [-0.39, 0.29) is 17.9 Å². The fraction of sp³-hybridized carbons (Fsp3) is 0.190. The van der Waals surface area contributed by atoms with Crippen molar-refractivity contribution in [2.75, 3.05) is 12.4 Å². The second kappa shape index (κ2) is 6.88. The van der Waals surface area contributed by atoms with Crippen LogP contribution in [0.25, 0.3) is 15.3 Å². The van der Waals surface area contributed by atoms with E-state index in [1.54, 1.807) is 18.7 Å². The highest BCUT2D eigenvalue weighted by atomic mass is 32.1. The summed E-state index contributed by atoms with van der Waals surface area (Å²) in [4.78, 5) is 17.1. The van der Waals surface area contributed by atoms with Crippen molar-refractivity contribution in [3.8, 4) is 10.9 Å². The zero-order valence-electron chi connectivity index (χ0n) is 16.1. The summed E-state index contributed by atoms with van der Waals surface area (Å²) in [5, 5.41) is 7.96. The third kappa shape index (κ3) is 2.93. The third-order valence-electron chi connectivity index (χ3n) is 5.20. The van der Waals surface area contributed by atoms with Gasteiger partial charge in [0.2, 0.25) is 11.0 Å². The summed E-state index contributed by atoms with van der Waals surface area (Å²) >= 11 is 1.39. The first-order valence-corrected chi connectivity index (χ1v) is 10.1. The zero-order valence-corrected chi connectivity index (χ0v) is 16.9. The molecule has 5 rings (SSSR count). The van der Waals surface area contributed by atoms with E-state index in [9.17, 15) is 13.6 Å². The third-order valence-corrected chi connectivity index (χ3v) is 6.20. The maximum atomic E-state index is 14.5. The van der Waals surface area contributed by atoms with Gasteiger partial charge in [0.05, 0.1) is 23.0 Å². The number of hydrogen-bond acceptors (Lipinski definition) is 5. The number of rotatable bonds is 3. The number of nitrogens with zero attached hydrogens (tertiary/aromatic N) is 3. The van der Waals surface area contributed by atoms with E-state index in [1.807, 2.05) is 18.2 Å². The summed E-state index contributed by atoms with van der Waals surface area (Å²) in [6.45, 7) is 1.79. The van der Waals surface area contributed by atoms with Crippen molar-refractivity contribution < 1.29 is 18.3 Å². The molecule has 0 aliphatic carbocycles. The maximum Gasteiger partial charge on any atom is 0.226 e. The number of aromatic nitrogens is 3. The van der Waals surface area contributed by atoms with Gasteiger partial charge in [-0.1, -0.05) is 11.3 Å². The number of aryl methyl sites for hydroxylation is 1. The second-order valence-corrected chi connectivity index (χ2v) is 8.07. The van der Waals surface area contributed by atoms with Crippen molar-refractivity contribution in [1.82, 2.24) is 14.8 Å². The van der Waals surface area contributed by atoms with E-state index >= 15 is 0 Å². The highest BCUT2D eigenvalue weighted by Crippen LogP contribution is 2.42. The molecule has 1 N–H and O–H groups in total. The number of benzene rings is 2. The van der Waals surface area contributed by atoms with E-state index in [2.05, 4.69) is 15.4 Å². The Bertz CT molecular complexity index is 1310. The van der Waals surface area contributed by atoms with E-state index in [0.717, 1.165) is 28.4 Å². The van der Waals surface area contributed by atoms with Gasteiger partial charge in [-0.2, -0.15) is 9.78 Å². The Morgan fingerprint density at radius 3 is 2.87 bits per heavy atom. The van der Waals surface area contributed by atoms with Crippen LogP contribution in [-0.2, 0) is 4.79 Å². The smallest absolute Gasteiger partial charge is 0.226 e. The first-order valence-electron chi connectivity index (χ1n) is 9.24. The molecule has 0 fully saturated rings. The molecule has 1 amide bonds. The van der Waals surface area contributed by atoms with E-state index < -0.39 is 17.6 Å². The van der Waals surface area contributed by atoms with Gasteiger partial charge in [-0.3, -0.25) is 4.79 Å². The predicted molar refractivity (Wildman–Crippen MR) is 109 cm³/mol. The van der Waals surface area contributed by atoms with Crippen LogP contribution in [0.2, 0.25) is 0 Å². The van der Waals surface area contributed by atoms with E-state index in [4.69, 9.17) is 4.74 Å². The van der Waals surface area contributed by atoms with Crippen LogP contribution in [0, 0.1) is 18.6 Å². The van der Waals surface area contributed by atoms with Crippen LogP contribution in [0.15, 0.2) is 36.4 Å². The van der Waals surface area contributed by atoms with Crippen LogP contribution >= 0.6 is 11.3 Å². The molecule has 0 unspecified atom stereocenters. The van der Waals surface area contributed by atoms with Crippen LogP contribution in [0.3, 0.4) is 0 Å². The fourth-order valence-corrected chi connectivity index (χ4v) is 4.80. The minimum Gasteiger partial charge on any atom is -0.497 e. The average molecular weight is 426 g/mol. The van der Waals surface area contributed by atoms with Gasteiger partial charge in [0, 0.05) is 17.9 Å². The van der Waals surface area contributed by atoms with Gasteiger partial charge < -0.3 is 10.1 Å². The van der Waals surface area contributed by atoms with Gasteiger partial charge in [0.1, 0.15) is 23.2 Å². The van der Waals surface area contributed by atoms with Crippen molar-refractivity contribution in [2.24, 2.45) is 0 Å². The van der Waals surface area contributed by atoms with Crippen molar-refractivity contribution in [3.05, 3.63) is 64.9 Å². The minimum atomic E-state index is -0.632. The molecule has 2 aromatic carbocycles. The first-order chi connectivity index (χ1) is 14.4. The molecule has 1 atom stereocenters. The van der Waals surface area contributed by atoms with Crippen molar-refractivity contribution >= 4 is 33.3 Å². The number of amides is 1. The number of hydrogen-bond donors (Lipinski definition) is 1. The number of thiazole rings is 1. The molecule has 0 spiro atoms. The Morgan fingerprint density at radius 2 is 2.07 bits per heavy atom. The molecule has 0 saturated carbocycles. The highest BCUT2D eigenvalue weighted by Gasteiger charge is 2.34. The summed E-state index contributed by atoms with van der Waals surface area (Å²) in [7, 11) is 1.59. The normalized spacial score (nSPS) is 15.9. The standard InChI is InChI=1S/C21H16F2N4O2S/c1-10-19-14(13-7-11(22)3-5-15(13)23)9-18(28)25-20(19)27(26-10)21-24-16-6-4-12(29-2)8-17(16)30-21/h3-8,14H,9H2,1-2H3,(H,25,28)/t14-/m0/s1. The lowest BCUT2D eigenvalue weighted by molar-refractivity contribution is -0.116. The number of fused-ring (bicyclic) bond motifs is 2. The molecule has 30 heavy (non-hydrogen) atoms. The lowest BCUT2D eigenvalue weighted by Gasteiger charge is -2.24. The molecule has 3 heterocycles. The van der Waals surface area contributed by atoms with Crippen LogP contribution in [0.5, 0.6) is 5.75 Å². The largest absolute Gasteiger partial charge is 0.497 e. The van der Waals surface area contributed by atoms with E-state index in [1.165, 1.54) is 11.3 Å². The van der Waals surface area contributed by atoms with Crippen LogP contribution in [0.4, 0.5) is 14.6 Å². The summed E-state index contributed by atoms with van der Waals surface area (Å²) in [6.07, 6.45) is 0.0109. The molecule has 0 radical (unpaired) electrons. The first kappa shape index (κ1) is 18.7. The molecule has 152 valence electrons. The van der Waals surface area contributed by atoms with Crippen LogP contribution in [0.1, 0.15) is 29.2 Å². The topological polar surface area (TPSA) is 69.0 Å². The number of nitrogens with one attached hydrogen (secondary N) is 1. The fourth-order valence-electron chi connectivity index (χ4n) is 3.84. The Morgan fingerprint density at radius 1 is 1.23 bits per heavy atom. The van der Waals surface area contributed by atoms with Gasteiger partial charge in [-0.05, 0) is 48.9 Å². The Balaban J connectivity index is 1.67. The molecule has 6 nitrogen and oxygen atoms in total. The summed E-state index contributed by atoms with van der Waals surface area (Å²) in [5.74, 6) is -0.882. The van der Waals surface area contributed by atoms with Gasteiger partial charge >= 0.3 is 0 Å². The van der Waals surface area contributed by atoms with E-state index in [0.29, 0.717) is 28.0 Å². The second-order valence-electron chi connectivity index (χ2n) is 7.06. The quantitative estimate of drug-likeness (QED) is 0.522. The lowest BCUT2D eigenvalue weighted by atomic mass is 9.85. The van der Waals surface area contributed by atoms with Crippen molar-refractivity contribution in [2.45, 2.75) is 19.3 Å². The zero-order chi connectivity index (χ0) is 21.0. The highest BCUT2D eigenvalue weighted by molar-refractivity contribution is 7.20. The summed E-state index contributed by atoms with van der Waals surface area (Å²) in [6, 6.07) is 8.83. The molecule has 2 aromatic heterocycles. The van der Waals surface area contributed by atoms with Crippen LogP contribution < -0.4 is 10.1 Å². The molecule has 1 aliphatic heterocycles. The molecule has 0 bridgehead atoms. The molecule has 0 saturated heterocycles. The number of carbonyl (C=O) groups excluding carboxylic acids is 1. The van der Waals surface area contributed by atoms with Crippen LogP contribution in [-0.4, -0.2) is 27.8 Å². The number of halogens is 2. The minimum absolute atomic E-state index is 0.0109. The predicted octanol–water partition coefficient (Wildman–Crippen LogP) is 4.55. The number of carbonyl (C=O) groups is 1.